The molecule has 0 spiro atoms. The minimum Gasteiger partial charge on any atom is -0.465 e. The highest BCUT2D eigenvalue weighted by atomic mass is 16.5. The van der Waals surface area contributed by atoms with E-state index in [0.29, 0.717) is 11.3 Å². The first-order valence-electron chi connectivity index (χ1n) is 9.05. The fourth-order valence-electron chi connectivity index (χ4n) is 3.32. The first kappa shape index (κ1) is 18.6. The summed E-state index contributed by atoms with van der Waals surface area (Å²) in [7, 11) is 1.38. The minimum absolute atomic E-state index is 0.384. The highest BCUT2D eigenvalue weighted by Crippen LogP contribution is 2.24. The molecule has 4 heteroatoms. The smallest absolute Gasteiger partial charge is 0.340 e. The second kappa shape index (κ2) is 8.04. The van der Waals surface area contributed by atoms with Gasteiger partial charge in [-0.05, 0) is 50.1 Å². The molecule has 0 radical (unpaired) electrons. The van der Waals surface area contributed by atoms with Crippen LogP contribution in [0.15, 0.2) is 59.6 Å². The standard InChI is InChI=1S/C23H24N2O2/c1-5-18-10-6-9-13-22(18)25-16(2)14-19(17(25)3)15-24-21-12-8-7-11-20(21)23(26)27-4/h6-15H,5H2,1-4H3. The Labute approximate surface area is 160 Å². The molecule has 0 aliphatic rings. The van der Waals surface area contributed by atoms with Gasteiger partial charge in [-0.3, -0.25) is 4.99 Å². The van der Waals surface area contributed by atoms with E-state index in [1.54, 1.807) is 12.1 Å². The van der Waals surface area contributed by atoms with E-state index >= 15 is 0 Å². The predicted molar refractivity (Wildman–Crippen MR) is 110 cm³/mol. The maximum atomic E-state index is 11.9. The summed E-state index contributed by atoms with van der Waals surface area (Å²) in [5, 5.41) is 0. The maximum absolute atomic E-state index is 11.9. The van der Waals surface area contributed by atoms with E-state index in [1.807, 2.05) is 18.3 Å². The molecule has 0 unspecified atom stereocenters. The predicted octanol–water partition coefficient (Wildman–Crippen LogP) is 5.19. The Morgan fingerprint density at radius 1 is 1.11 bits per heavy atom. The zero-order valence-corrected chi connectivity index (χ0v) is 16.2. The van der Waals surface area contributed by atoms with E-state index in [2.05, 4.69) is 60.7 Å². The van der Waals surface area contributed by atoms with Crippen molar-refractivity contribution in [2.75, 3.05) is 7.11 Å². The van der Waals surface area contributed by atoms with Crippen molar-refractivity contribution in [3.8, 4) is 5.69 Å². The van der Waals surface area contributed by atoms with Gasteiger partial charge in [0.2, 0.25) is 0 Å². The number of carbonyl (C=O) groups is 1. The van der Waals surface area contributed by atoms with Crippen LogP contribution < -0.4 is 0 Å². The molecule has 0 saturated carbocycles. The molecule has 1 aromatic heterocycles. The lowest BCUT2D eigenvalue weighted by atomic mass is 10.1. The van der Waals surface area contributed by atoms with Crippen LogP contribution >= 0.6 is 0 Å². The zero-order valence-electron chi connectivity index (χ0n) is 16.2. The van der Waals surface area contributed by atoms with E-state index in [4.69, 9.17) is 4.74 Å². The molecule has 3 rings (SSSR count). The fourth-order valence-corrected chi connectivity index (χ4v) is 3.32. The monoisotopic (exact) mass is 360 g/mol. The Hall–Kier alpha value is -3.14. The van der Waals surface area contributed by atoms with Gasteiger partial charge in [-0.2, -0.15) is 0 Å². The van der Waals surface area contributed by atoms with Crippen LogP contribution in [-0.2, 0) is 11.2 Å². The molecule has 0 aliphatic heterocycles. The topological polar surface area (TPSA) is 43.6 Å². The first-order valence-corrected chi connectivity index (χ1v) is 9.05. The second-order valence-electron chi connectivity index (χ2n) is 6.41. The van der Waals surface area contributed by atoms with Crippen molar-refractivity contribution in [1.82, 2.24) is 4.57 Å². The molecule has 0 atom stereocenters. The lowest BCUT2D eigenvalue weighted by Gasteiger charge is -2.13. The summed E-state index contributed by atoms with van der Waals surface area (Å²) in [6.07, 6.45) is 2.79. The van der Waals surface area contributed by atoms with Crippen LogP contribution in [0.5, 0.6) is 0 Å². The van der Waals surface area contributed by atoms with Crippen molar-refractivity contribution in [2.24, 2.45) is 4.99 Å². The van der Waals surface area contributed by atoms with Gasteiger partial charge in [0.25, 0.3) is 0 Å². The molecule has 0 aliphatic carbocycles. The van der Waals surface area contributed by atoms with Crippen molar-refractivity contribution in [3.63, 3.8) is 0 Å². The Morgan fingerprint density at radius 3 is 2.56 bits per heavy atom. The van der Waals surface area contributed by atoms with Crippen LogP contribution in [0.2, 0.25) is 0 Å². The SMILES string of the molecule is CCc1ccccc1-n1c(C)cc(C=Nc2ccccc2C(=O)OC)c1C. The first-order chi connectivity index (χ1) is 13.1. The van der Waals surface area contributed by atoms with E-state index in [0.717, 1.165) is 23.4 Å². The highest BCUT2D eigenvalue weighted by Gasteiger charge is 2.13. The molecule has 138 valence electrons. The summed E-state index contributed by atoms with van der Waals surface area (Å²) in [5.74, 6) is -0.384. The van der Waals surface area contributed by atoms with Crippen LogP contribution in [0, 0.1) is 13.8 Å². The number of hydrogen-bond acceptors (Lipinski definition) is 3. The number of nitrogens with zero attached hydrogens (tertiary/aromatic N) is 2. The molecule has 0 fully saturated rings. The van der Waals surface area contributed by atoms with Gasteiger partial charge in [0.1, 0.15) is 0 Å². The van der Waals surface area contributed by atoms with Crippen LogP contribution in [0.3, 0.4) is 0 Å². The van der Waals surface area contributed by atoms with Crippen LogP contribution in [0.1, 0.15) is 39.8 Å². The summed E-state index contributed by atoms with van der Waals surface area (Å²) < 4.78 is 7.10. The summed E-state index contributed by atoms with van der Waals surface area (Å²) >= 11 is 0. The van der Waals surface area contributed by atoms with Gasteiger partial charge in [0, 0.05) is 28.9 Å². The number of esters is 1. The highest BCUT2D eigenvalue weighted by molar-refractivity contribution is 5.96. The number of aromatic nitrogens is 1. The molecular weight excluding hydrogens is 336 g/mol. The lowest BCUT2D eigenvalue weighted by molar-refractivity contribution is 0.0601. The number of rotatable bonds is 5. The van der Waals surface area contributed by atoms with E-state index in [-0.39, 0.29) is 5.97 Å². The Bertz CT molecular complexity index is 999. The number of benzene rings is 2. The van der Waals surface area contributed by atoms with Crippen molar-refractivity contribution in [2.45, 2.75) is 27.2 Å². The molecule has 4 nitrogen and oxygen atoms in total. The van der Waals surface area contributed by atoms with Crippen molar-refractivity contribution < 1.29 is 9.53 Å². The van der Waals surface area contributed by atoms with Gasteiger partial charge < -0.3 is 9.30 Å². The summed E-state index contributed by atoms with van der Waals surface area (Å²) in [5.41, 5.74) is 6.86. The van der Waals surface area contributed by atoms with Crippen LogP contribution in [0.4, 0.5) is 5.69 Å². The summed E-state index contributed by atoms with van der Waals surface area (Å²) in [6, 6.07) is 17.8. The minimum atomic E-state index is -0.384. The number of aryl methyl sites for hydroxylation is 2. The third kappa shape index (κ3) is 3.70. The van der Waals surface area contributed by atoms with Crippen molar-refractivity contribution in [3.05, 3.63) is 82.7 Å². The van der Waals surface area contributed by atoms with Gasteiger partial charge >= 0.3 is 5.97 Å². The van der Waals surface area contributed by atoms with E-state index in [9.17, 15) is 4.79 Å². The molecule has 1 heterocycles. The van der Waals surface area contributed by atoms with E-state index in [1.165, 1.54) is 18.4 Å². The molecule has 2 aromatic carbocycles. The van der Waals surface area contributed by atoms with Gasteiger partial charge in [0.05, 0.1) is 18.4 Å². The molecule has 0 saturated heterocycles. The van der Waals surface area contributed by atoms with Gasteiger partial charge in [-0.15, -0.1) is 0 Å². The third-order valence-electron chi connectivity index (χ3n) is 4.74. The Morgan fingerprint density at radius 2 is 1.81 bits per heavy atom. The summed E-state index contributed by atoms with van der Waals surface area (Å²) in [4.78, 5) is 16.5. The number of methoxy groups -OCH3 is 1. The molecule has 0 N–H and O–H groups in total. The number of para-hydroxylation sites is 2. The average molecular weight is 360 g/mol. The average Bonchev–Trinajstić information content (AvgIpc) is 2.99. The van der Waals surface area contributed by atoms with Gasteiger partial charge in [-0.1, -0.05) is 37.3 Å². The van der Waals surface area contributed by atoms with Crippen LogP contribution in [-0.4, -0.2) is 23.9 Å². The molecular formula is C23H24N2O2. The van der Waals surface area contributed by atoms with Gasteiger partial charge in [0.15, 0.2) is 0 Å². The molecule has 0 bridgehead atoms. The second-order valence-corrected chi connectivity index (χ2v) is 6.41. The molecule has 3 aromatic rings. The number of ether oxygens (including phenoxy) is 1. The Balaban J connectivity index is 2.02. The van der Waals surface area contributed by atoms with Crippen molar-refractivity contribution >= 4 is 17.9 Å². The number of carbonyl (C=O) groups excluding carboxylic acids is 1. The van der Waals surface area contributed by atoms with E-state index < -0.39 is 0 Å². The van der Waals surface area contributed by atoms with Crippen molar-refractivity contribution in [1.29, 1.82) is 0 Å². The van der Waals surface area contributed by atoms with Gasteiger partial charge in [-0.25, -0.2) is 4.79 Å². The number of hydrogen-bond donors (Lipinski definition) is 0. The largest absolute Gasteiger partial charge is 0.465 e. The summed E-state index contributed by atoms with van der Waals surface area (Å²) in [6.45, 7) is 6.35. The third-order valence-corrected chi connectivity index (χ3v) is 4.74. The quantitative estimate of drug-likeness (QED) is 0.464. The lowest BCUT2D eigenvalue weighted by Crippen LogP contribution is -2.03. The number of aliphatic imine (C=N–C) groups is 1. The molecule has 0 amide bonds. The maximum Gasteiger partial charge on any atom is 0.340 e. The Kier molecular flexibility index (Phi) is 5.55. The normalized spacial score (nSPS) is 11.1. The molecule has 27 heavy (non-hydrogen) atoms. The zero-order chi connectivity index (χ0) is 19.4. The van der Waals surface area contributed by atoms with Crippen LogP contribution in [0.25, 0.3) is 5.69 Å². The fraction of sp³-hybridized carbons (Fsp3) is 0.217.